The topological polar surface area (TPSA) is 85.4 Å². The molecular weight excluding hydrogens is 240 g/mol. The van der Waals surface area contributed by atoms with Gasteiger partial charge in [-0.25, -0.2) is 4.98 Å². The standard InChI is InChI=1S/C7H7BrN2O3/c1-13-3-2-4(8)10-5(6(3)11)7(9)12/h2,11H,1H3,(H2,9,12). The number of carbonyl (C=O) groups is 1. The SMILES string of the molecule is COc1cc(Br)nc(C(N)=O)c1O. The van der Waals surface area contributed by atoms with E-state index in [1.165, 1.54) is 13.2 Å². The lowest BCUT2D eigenvalue weighted by Crippen LogP contribution is -2.13. The molecule has 0 saturated carbocycles. The van der Waals surface area contributed by atoms with Crippen molar-refractivity contribution in [2.75, 3.05) is 7.11 Å². The maximum Gasteiger partial charge on any atom is 0.271 e. The van der Waals surface area contributed by atoms with Crippen molar-refractivity contribution in [3.05, 3.63) is 16.4 Å². The van der Waals surface area contributed by atoms with Crippen molar-refractivity contribution < 1.29 is 14.6 Å². The molecule has 1 aromatic rings. The molecule has 1 aromatic heterocycles. The Kier molecular flexibility index (Phi) is 2.72. The predicted molar refractivity (Wildman–Crippen MR) is 48.7 cm³/mol. The number of hydrogen-bond donors (Lipinski definition) is 2. The summed E-state index contributed by atoms with van der Waals surface area (Å²) in [5.41, 5.74) is 4.75. The van der Waals surface area contributed by atoms with Crippen LogP contribution in [0.3, 0.4) is 0 Å². The lowest BCUT2D eigenvalue weighted by molar-refractivity contribution is 0.0992. The Labute approximate surface area is 82.7 Å². The smallest absolute Gasteiger partial charge is 0.271 e. The molecule has 6 heteroatoms. The molecule has 0 aliphatic carbocycles. The third-order valence-electron chi connectivity index (χ3n) is 1.38. The molecule has 0 bridgehead atoms. The molecule has 0 fully saturated rings. The van der Waals surface area contributed by atoms with Gasteiger partial charge in [-0.2, -0.15) is 0 Å². The second kappa shape index (κ2) is 3.61. The number of aromatic hydroxyl groups is 1. The number of amides is 1. The van der Waals surface area contributed by atoms with Crippen molar-refractivity contribution in [3.8, 4) is 11.5 Å². The molecule has 1 heterocycles. The average Bonchev–Trinajstić information content (AvgIpc) is 2.08. The third kappa shape index (κ3) is 1.89. The van der Waals surface area contributed by atoms with E-state index in [2.05, 4.69) is 20.9 Å². The molecule has 70 valence electrons. The minimum atomic E-state index is -0.808. The van der Waals surface area contributed by atoms with Gasteiger partial charge in [-0.15, -0.1) is 0 Å². The molecule has 3 N–H and O–H groups in total. The first kappa shape index (κ1) is 9.79. The summed E-state index contributed by atoms with van der Waals surface area (Å²) in [5, 5.41) is 9.37. The summed E-state index contributed by atoms with van der Waals surface area (Å²) >= 11 is 3.05. The number of nitrogens with two attached hydrogens (primary N) is 1. The molecule has 5 nitrogen and oxygen atoms in total. The van der Waals surface area contributed by atoms with Gasteiger partial charge in [0.15, 0.2) is 17.2 Å². The highest BCUT2D eigenvalue weighted by atomic mass is 79.9. The van der Waals surface area contributed by atoms with Crippen LogP contribution in [0.4, 0.5) is 0 Å². The van der Waals surface area contributed by atoms with E-state index < -0.39 is 5.91 Å². The fourth-order valence-electron chi connectivity index (χ4n) is 0.813. The van der Waals surface area contributed by atoms with Crippen LogP contribution >= 0.6 is 15.9 Å². The van der Waals surface area contributed by atoms with E-state index in [9.17, 15) is 9.90 Å². The van der Waals surface area contributed by atoms with Gasteiger partial charge in [0.25, 0.3) is 5.91 Å². The van der Waals surface area contributed by atoms with E-state index in [0.717, 1.165) is 0 Å². The van der Waals surface area contributed by atoms with Crippen molar-refractivity contribution >= 4 is 21.8 Å². The number of carbonyl (C=O) groups excluding carboxylic acids is 1. The number of nitrogens with zero attached hydrogens (tertiary/aromatic N) is 1. The highest BCUT2D eigenvalue weighted by Crippen LogP contribution is 2.30. The second-order valence-electron chi connectivity index (χ2n) is 2.21. The van der Waals surface area contributed by atoms with Crippen LogP contribution in [0.15, 0.2) is 10.7 Å². The average molecular weight is 247 g/mol. The number of methoxy groups -OCH3 is 1. The van der Waals surface area contributed by atoms with Gasteiger partial charge in [0.2, 0.25) is 0 Å². The minimum Gasteiger partial charge on any atom is -0.503 e. The molecule has 0 unspecified atom stereocenters. The van der Waals surface area contributed by atoms with E-state index in [4.69, 9.17) is 10.5 Å². The van der Waals surface area contributed by atoms with Crippen molar-refractivity contribution in [1.29, 1.82) is 0 Å². The fraction of sp³-hybridized carbons (Fsp3) is 0.143. The summed E-state index contributed by atoms with van der Waals surface area (Å²) in [7, 11) is 1.37. The summed E-state index contributed by atoms with van der Waals surface area (Å²) in [6.45, 7) is 0. The fourth-order valence-corrected chi connectivity index (χ4v) is 1.20. The number of primary amides is 1. The van der Waals surface area contributed by atoms with Crippen LogP contribution in [-0.4, -0.2) is 23.1 Å². The largest absolute Gasteiger partial charge is 0.503 e. The Morgan fingerprint density at radius 3 is 2.85 bits per heavy atom. The van der Waals surface area contributed by atoms with Crippen LogP contribution in [0.25, 0.3) is 0 Å². The summed E-state index contributed by atoms with van der Waals surface area (Å²) in [6.07, 6.45) is 0. The maximum atomic E-state index is 10.8. The van der Waals surface area contributed by atoms with Crippen molar-refractivity contribution in [2.24, 2.45) is 5.73 Å². The number of aromatic nitrogens is 1. The molecule has 0 aliphatic rings. The van der Waals surface area contributed by atoms with Gasteiger partial charge < -0.3 is 15.6 Å². The Bertz CT molecular complexity index is 354. The van der Waals surface area contributed by atoms with Gasteiger partial charge in [-0.3, -0.25) is 4.79 Å². The van der Waals surface area contributed by atoms with Gasteiger partial charge in [0, 0.05) is 6.07 Å². The molecule has 1 rings (SSSR count). The van der Waals surface area contributed by atoms with Crippen molar-refractivity contribution in [1.82, 2.24) is 4.98 Å². The first-order chi connectivity index (χ1) is 6.06. The Hall–Kier alpha value is -1.30. The van der Waals surface area contributed by atoms with E-state index in [-0.39, 0.29) is 17.2 Å². The molecule has 0 aromatic carbocycles. The lowest BCUT2D eigenvalue weighted by Gasteiger charge is -2.05. The highest BCUT2D eigenvalue weighted by Gasteiger charge is 2.15. The van der Waals surface area contributed by atoms with Crippen molar-refractivity contribution in [2.45, 2.75) is 0 Å². The van der Waals surface area contributed by atoms with Gasteiger partial charge in [0.05, 0.1) is 7.11 Å². The molecular formula is C7H7BrN2O3. The van der Waals surface area contributed by atoms with Crippen molar-refractivity contribution in [3.63, 3.8) is 0 Å². The van der Waals surface area contributed by atoms with E-state index >= 15 is 0 Å². The first-order valence-electron chi connectivity index (χ1n) is 3.29. The van der Waals surface area contributed by atoms with Gasteiger partial charge in [0.1, 0.15) is 4.60 Å². The van der Waals surface area contributed by atoms with Crippen LogP contribution in [0, 0.1) is 0 Å². The second-order valence-corrected chi connectivity index (χ2v) is 3.02. The summed E-state index contributed by atoms with van der Waals surface area (Å²) < 4.78 is 5.16. The lowest BCUT2D eigenvalue weighted by atomic mass is 10.3. The van der Waals surface area contributed by atoms with E-state index in [1.807, 2.05) is 0 Å². The number of rotatable bonds is 2. The Morgan fingerprint density at radius 2 is 2.38 bits per heavy atom. The zero-order chi connectivity index (χ0) is 10.0. The molecule has 1 amide bonds. The van der Waals surface area contributed by atoms with Crippen LogP contribution in [-0.2, 0) is 0 Å². The molecule has 13 heavy (non-hydrogen) atoms. The summed E-state index contributed by atoms with van der Waals surface area (Å²) in [6, 6.07) is 1.43. The number of halogens is 1. The summed E-state index contributed by atoms with van der Waals surface area (Å²) in [5.74, 6) is -1.01. The summed E-state index contributed by atoms with van der Waals surface area (Å²) in [4.78, 5) is 14.5. The quantitative estimate of drug-likeness (QED) is 0.751. The predicted octanol–water partition coefficient (Wildman–Crippen LogP) is 0.657. The normalized spacial score (nSPS) is 9.69. The van der Waals surface area contributed by atoms with Crippen LogP contribution in [0.1, 0.15) is 10.5 Å². The maximum absolute atomic E-state index is 10.8. The van der Waals surface area contributed by atoms with E-state index in [1.54, 1.807) is 0 Å². The molecule has 0 spiro atoms. The van der Waals surface area contributed by atoms with Gasteiger partial charge in [-0.1, -0.05) is 0 Å². The Balaban J connectivity index is 3.35. The van der Waals surface area contributed by atoms with Gasteiger partial charge in [-0.05, 0) is 15.9 Å². The number of ether oxygens (including phenoxy) is 1. The number of hydrogen-bond acceptors (Lipinski definition) is 4. The van der Waals surface area contributed by atoms with Gasteiger partial charge >= 0.3 is 0 Å². The van der Waals surface area contributed by atoms with Crippen LogP contribution in [0.2, 0.25) is 0 Å². The molecule has 0 radical (unpaired) electrons. The zero-order valence-electron chi connectivity index (χ0n) is 6.74. The first-order valence-corrected chi connectivity index (χ1v) is 4.09. The molecule has 0 atom stereocenters. The Morgan fingerprint density at radius 1 is 1.77 bits per heavy atom. The number of pyridine rings is 1. The van der Waals surface area contributed by atoms with Crippen LogP contribution < -0.4 is 10.5 Å². The molecule has 0 aliphatic heterocycles. The third-order valence-corrected chi connectivity index (χ3v) is 1.79. The van der Waals surface area contributed by atoms with E-state index in [0.29, 0.717) is 4.60 Å². The monoisotopic (exact) mass is 246 g/mol. The highest BCUT2D eigenvalue weighted by molar-refractivity contribution is 9.10. The minimum absolute atomic E-state index is 0.149. The zero-order valence-corrected chi connectivity index (χ0v) is 8.33. The van der Waals surface area contributed by atoms with Crippen LogP contribution in [0.5, 0.6) is 11.5 Å². The molecule has 0 saturated heterocycles.